The second-order valence-corrected chi connectivity index (χ2v) is 7.68. The summed E-state index contributed by atoms with van der Waals surface area (Å²) in [4.78, 5) is 26.5. The van der Waals surface area contributed by atoms with Crippen LogP contribution in [0.3, 0.4) is 0 Å². The normalized spacial score (nSPS) is 14.6. The molecule has 1 aliphatic carbocycles. The van der Waals surface area contributed by atoms with E-state index in [4.69, 9.17) is 4.74 Å². The Kier molecular flexibility index (Phi) is 5.76. The summed E-state index contributed by atoms with van der Waals surface area (Å²) in [5.41, 5.74) is 2.08. The highest BCUT2D eigenvalue weighted by molar-refractivity contribution is 7.17. The molecule has 6 nitrogen and oxygen atoms in total. The van der Waals surface area contributed by atoms with Gasteiger partial charge in [0, 0.05) is 17.6 Å². The zero-order valence-electron chi connectivity index (χ0n) is 15.5. The first-order chi connectivity index (χ1) is 12.5. The molecule has 0 bridgehead atoms. The minimum absolute atomic E-state index is 0.145. The lowest BCUT2D eigenvalue weighted by Gasteiger charge is -2.15. The fraction of sp³-hybridized carbons (Fsp3) is 0.526. The van der Waals surface area contributed by atoms with Gasteiger partial charge in [-0.3, -0.25) is 9.48 Å². The number of hydrogen-bond donors (Lipinski definition) is 1. The molecule has 2 heterocycles. The fourth-order valence-electron chi connectivity index (χ4n) is 3.02. The smallest absolute Gasteiger partial charge is 0.341 e. The Balaban J connectivity index is 1.89. The van der Waals surface area contributed by atoms with Crippen LogP contribution in [0.4, 0.5) is 5.00 Å². The molecule has 0 aromatic carbocycles. The van der Waals surface area contributed by atoms with Crippen molar-refractivity contribution >= 4 is 28.2 Å². The number of nitrogens with one attached hydrogen (secondary N) is 1. The maximum absolute atomic E-state index is 12.8. The number of hydrogen-bond acceptors (Lipinski definition) is 5. The van der Waals surface area contributed by atoms with E-state index in [1.165, 1.54) is 16.2 Å². The molecule has 1 unspecified atom stereocenters. The molecule has 0 fully saturated rings. The Morgan fingerprint density at radius 2 is 2.12 bits per heavy atom. The van der Waals surface area contributed by atoms with Crippen LogP contribution >= 0.6 is 11.3 Å². The van der Waals surface area contributed by atoms with E-state index in [2.05, 4.69) is 10.4 Å². The molecule has 1 aliphatic rings. The number of carbonyl (C=O) groups excluding carboxylic acids is 2. The van der Waals surface area contributed by atoms with Gasteiger partial charge in [0.15, 0.2) is 0 Å². The maximum Gasteiger partial charge on any atom is 0.341 e. The van der Waals surface area contributed by atoms with Crippen molar-refractivity contribution in [3.63, 3.8) is 0 Å². The van der Waals surface area contributed by atoms with Crippen molar-refractivity contribution in [2.75, 3.05) is 5.32 Å². The lowest BCUT2D eigenvalue weighted by atomic mass is 9.95. The summed E-state index contributed by atoms with van der Waals surface area (Å²) < 4.78 is 7.26. The second-order valence-electron chi connectivity index (χ2n) is 6.58. The van der Waals surface area contributed by atoms with E-state index >= 15 is 0 Å². The first kappa shape index (κ1) is 18.6. The van der Waals surface area contributed by atoms with Crippen LogP contribution in [0, 0.1) is 0 Å². The van der Waals surface area contributed by atoms with E-state index in [1.807, 2.05) is 20.8 Å². The molecule has 0 saturated heterocycles. The van der Waals surface area contributed by atoms with E-state index in [0.717, 1.165) is 37.7 Å². The molecule has 2 aromatic rings. The van der Waals surface area contributed by atoms with Crippen LogP contribution in [0.5, 0.6) is 0 Å². The van der Waals surface area contributed by atoms with Crippen LogP contribution in [-0.2, 0) is 24.1 Å². The van der Waals surface area contributed by atoms with E-state index in [9.17, 15) is 9.59 Å². The number of esters is 1. The Morgan fingerprint density at radius 1 is 1.35 bits per heavy atom. The van der Waals surface area contributed by atoms with E-state index in [1.54, 1.807) is 17.1 Å². The Bertz CT molecular complexity index is 809. The number of aryl methyl sites for hydroxylation is 2. The SMILES string of the molecule is CCC(C)OC(=O)c1c(NC(=O)c2cnn(CC)c2)sc2c1CCCC2. The highest BCUT2D eigenvalue weighted by Crippen LogP contribution is 2.39. The summed E-state index contributed by atoms with van der Waals surface area (Å²) in [6, 6.07) is 0. The van der Waals surface area contributed by atoms with Crippen molar-refractivity contribution < 1.29 is 14.3 Å². The molecule has 2 aromatic heterocycles. The lowest BCUT2D eigenvalue weighted by molar-refractivity contribution is 0.0335. The largest absolute Gasteiger partial charge is 0.459 e. The van der Waals surface area contributed by atoms with Gasteiger partial charge in [-0.15, -0.1) is 11.3 Å². The van der Waals surface area contributed by atoms with Crippen LogP contribution in [0.25, 0.3) is 0 Å². The number of fused-ring (bicyclic) bond motifs is 1. The van der Waals surface area contributed by atoms with Crippen molar-refractivity contribution in [1.82, 2.24) is 9.78 Å². The number of nitrogens with zero attached hydrogens (tertiary/aromatic N) is 2. The summed E-state index contributed by atoms with van der Waals surface area (Å²) >= 11 is 1.50. The first-order valence-corrected chi connectivity index (χ1v) is 10.0. The standard InChI is InChI=1S/C19H25N3O3S/c1-4-12(3)25-19(24)16-14-8-6-7-9-15(14)26-18(16)21-17(23)13-10-20-22(5-2)11-13/h10-12H,4-9H2,1-3H3,(H,21,23). The summed E-state index contributed by atoms with van der Waals surface area (Å²) in [6.07, 6.45) is 7.86. The molecular weight excluding hydrogens is 350 g/mol. The highest BCUT2D eigenvalue weighted by atomic mass is 32.1. The van der Waals surface area contributed by atoms with Gasteiger partial charge >= 0.3 is 5.97 Å². The molecule has 140 valence electrons. The number of carbonyl (C=O) groups is 2. The predicted octanol–water partition coefficient (Wildman–Crippen LogP) is 4.05. The van der Waals surface area contributed by atoms with Gasteiger partial charge in [-0.05, 0) is 51.5 Å². The van der Waals surface area contributed by atoms with Crippen molar-refractivity contribution in [2.45, 2.75) is 65.5 Å². The molecule has 26 heavy (non-hydrogen) atoms. The minimum atomic E-state index is -0.335. The third-order valence-electron chi connectivity index (χ3n) is 4.71. The first-order valence-electron chi connectivity index (χ1n) is 9.22. The molecule has 1 N–H and O–H groups in total. The molecule has 7 heteroatoms. The maximum atomic E-state index is 12.8. The zero-order chi connectivity index (χ0) is 18.7. The summed E-state index contributed by atoms with van der Waals surface area (Å²) in [5.74, 6) is -0.584. The van der Waals surface area contributed by atoms with Crippen molar-refractivity contribution in [2.24, 2.45) is 0 Å². The molecule has 0 saturated carbocycles. The summed E-state index contributed by atoms with van der Waals surface area (Å²) in [6.45, 7) is 6.53. The third-order valence-corrected chi connectivity index (χ3v) is 5.91. The third kappa shape index (κ3) is 3.82. The van der Waals surface area contributed by atoms with Gasteiger partial charge in [0.2, 0.25) is 0 Å². The van der Waals surface area contributed by atoms with Gasteiger partial charge in [0.05, 0.1) is 23.4 Å². The van der Waals surface area contributed by atoms with Crippen LogP contribution < -0.4 is 5.32 Å². The Hall–Kier alpha value is -2.15. The van der Waals surface area contributed by atoms with Gasteiger partial charge in [-0.1, -0.05) is 6.92 Å². The number of aromatic nitrogens is 2. The lowest BCUT2D eigenvalue weighted by Crippen LogP contribution is -2.18. The van der Waals surface area contributed by atoms with Gasteiger partial charge in [-0.25, -0.2) is 4.79 Å². The number of anilines is 1. The predicted molar refractivity (Wildman–Crippen MR) is 102 cm³/mol. The number of rotatable bonds is 6. The molecule has 3 rings (SSSR count). The van der Waals surface area contributed by atoms with Gasteiger partial charge in [0.1, 0.15) is 5.00 Å². The van der Waals surface area contributed by atoms with Crippen LogP contribution in [0.1, 0.15) is 71.2 Å². The fourth-order valence-corrected chi connectivity index (χ4v) is 4.30. The number of amides is 1. The van der Waals surface area contributed by atoms with Crippen molar-refractivity contribution in [3.8, 4) is 0 Å². The van der Waals surface area contributed by atoms with Gasteiger partial charge in [0.25, 0.3) is 5.91 Å². The molecule has 1 atom stereocenters. The molecule has 0 spiro atoms. The zero-order valence-corrected chi connectivity index (χ0v) is 16.3. The quantitative estimate of drug-likeness (QED) is 0.773. The van der Waals surface area contributed by atoms with E-state index in [0.29, 0.717) is 22.7 Å². The Labute approximate surface area is 157 Å². The average molecular weight is 375 g/mol. The number of thiophene rings is 1. The van der Waals surface area contributed by atoms with Crippen LogP contribution in [0.15, 0.2) is 12.4 Å². The summed E-state index contributed by atoms with van der Waals surface area (Å²) in [7, 11) is 0. The van der Waals surface area contributed by atoms with Gasteiger partial charge < -0.3 is 10.1 Å². The number of ether oxygens (including phenoxy) is 1. The van der Waals surface area contributed by atoms with Gasteiger partial charge in [-0.2, -0.15) is 5.10 Å². The minimum Gasteiger partial charge on any atom is -0.459 e. The molecule has 0 aliphatic heterocycles. The molecule has 1 amide bonds. The van der Waals surface area contributed by atoms with E-state index < -0.39 is 0 Å². The van der Waals surface area contributed by atoms with Crippen LogP contribution in [0.2, 0.25) is 0 Å². The second kappa shape index (κ2) is 8.03. The summed E-state index contributed by atoms with van der Waals surface area (Å²) in [5, 5.41) is 7.65. The topological polar surface area (TPSA) is 73.2 Å². The van der Waals surface area contributed by atoms with Crippen molar-refractivity contribution in [3.05, 3.63) is 34.0 Å². The highest BCUT2D eigenvalue weighted by Gasteiger charge is 2.28. The molecule has 0 radical (unpaired) electrons. The average Bonchev–Trinajstić information content (AvgIpc) is 3.25. The van der Waals surface area contributed by atoms with Crippen LogP contribution in [-0.4, -0.2) is 27.8 Å². The Morgan fingerprint density at radius 3 is 2.81 bits per heavy atom. The molecular formula is C19H25N3O3S. The monoisotopic (exact) mass is 375 g/mol. The van der Waals surface area contributed by atoms with E-state index in [-0.39, 0.29) is 18.0 Å². The van der Waals surface area contributed by atoms with Crippen molar-refractivity contribution in [1.29, 1.82) is 0 Å².